The van der Waals surface area contributed by atoms with Crippen molar-refractivity contribution in [3.63, 3.8) is 0 Å². The average molecular weight is 544 g/mol. The summed E-state index contributed by atoms with van der Waals surface area (Å²) in [6.07, 6.45) is 3.59. The van der Waals surface area contributed by atoms with E-state index in [1.54, 1.807) is 18.3 Å². The fourth-order valence-corrected chi connectivity index (χ4v) is 5.14. The lowest BCUT2D eigenvalue weighted by molar-refractivity contribution is 0.0195. The van der Waals surface area contributed by atoms with Gasteiger partial charge in [-0.1, -0.05) is 22.9 Å². The maximum absolute atomic E-state index is 14.4. The number of methoxy groups -OCH3 is 2. The molecule has 0 aliphatic carbocycles. The first-order valence-electron chi connectivity index (χ1n) is 11.4. The van der Waals surface area contributed by atoms with Crippen LogP contribution in [0.4, 0.5) is 15.3 Å². The number of halogens is 2. The van der Waals surface area contributed by atoms with Crippen LogP contribution in [-0.4, -0.2) is 70.4 Å². The van der Waals surface area contributed by atoms with Gasteiger partial charge in [-0.15, -0.1) is 0 Å². The van der Waals surface area contributed by atoms with E-state index in [2.05, 4.69) is 30.2 Å². The quantitative estimate of drug-likeness (QED) is 0.355. The van der Waals surface area contributed by atoms with Crippen molar-refractivity contribution in [1.29, 1.82) is 0 Å². The smallest absolute Gasteiger partial charge is 0.259 e. The minimum atomic E-state index is -1.11. The lowest BCUT2D eigenvalue weighted by Crippen LogP contribution is -2.45. The summed E-state index contributed by atoms with van der Waals surface area (Å²) < 4.78 is 25.0. The molecule has 2 unspecified atom stereocenters. The Morgan fingerprint density at radius 2 is 2.00 bits per heavy atom. The number of nitrogens with zero attached hydrogens (tertiary/aromatic N) is 6. The monoisotopic (exact) mass is 543 g/mol. The van der Waals surface area contributed by atoms with E-state index in [1.807, 2.05) is 11.8 Å². The fourth-order valence-electron chi connectivity index (χ4n) is 4.19. The van der Waals surface area contributed by atoms with E-state index < -0.39 is 18.2 Å². The van der Waals surface area contributed by atoms with Gasteiger partial charge < -0.3 is 14.4 Å². The zero-order valence-electron chi connectivity index (χ0n) is 20.2. The fraction of sp³-hybridized carbons (Fsp3) is 0.333. The number of pyridine rings is 2. The number of fused-ring (bicyclic) bond motifs is 1. The molecular weight excluding hydrogens is 521 g/mol. The Morgan fingerprint density at radius 3 is 2.76 bits per heavy atom. The van der Waals surface area contributed by atoms with Crippen LogP contribution in [0.25, 0.3) is 21.6 Å². The Morgan fingerprint density at radius 1 is 1.16 bits per heavy atom. The number of hydrogen-bond donors (Lipinski definition) is 1. The molecule has 10 nitrogen and oxygen atoms in total. The summed E-state index contributed by atoms with van der Waals surface area (Å²) >= 11 is 7.31. The molecule has 192 valence electrons. The second-order valence-electron chi connectivity index (χ2n) is 8.43. The molecule has 0 bridgehead atoms. The number of thiazole rings is 1. The van der Waals surface area contributed by atoms with Crippen LogP contribution < -0.4 is 15.0 Å². The molecule has 0 spiro atoms. The van der Waals surface area contributed by atoms with Gasteiger partial charge in [-0.05, 0) is 25.5 Å². The summed E-state index contributed by atoms with van der Waals surface area (Å²) in [5.41, 5.74) is 2.61. The number of aromatic nitrogens is 5. The minimum absolute atomic E-state index is 0.173. The SMILES string of the molecule is COc1cnc(Cl)cc1-c1cc(C)ncc1C(=O)Nc1nc2ncc(N3CCC(OC)C(F)C3)nc2s1. The van der Waals surface area contributed by atoms with Gasteiger partial charge in [0.15, 0.2) is 15.6 Å². The van der Waals surface area contributed by atoms with E-state index in [9.17, 15) is 9.18 Å². The number of amides is 1. The zero-order chi connectivity index (χ0) is 26.1. The third kappa shape index (κ3) is 5.17. The highest BCUT2D eigenvalue weighted by molar-refractivity contribution is 7.21. The lowest BCUT2D eigenvalue weighted by Gasteiger charge is -2.34. The molecule has 1 aliphatic heterocycles. The summed E-state index contributed by atoms with van der Waals surface area (Å²) in [5, 5.41) is 3.41. The number of ether oxygens (including phenoxy) is 2. The van der Waals surface area contributed by atoms with Crippen LogP contribution in [0.15, 0.2) is 30.7 Å². The van der Waals surface area contributed by atoms with Crippen LogP contribution in [-0.2, 0) is 4.74 Å². The molecule has 4 aromatic rings. The molecule has 1 N–H and O–H groups in total. The zero-order valence-corrected chi connectivity index (χ0v) is 21.8. The highest BCUT2D eigenvalue weighted by Gasteiger charge is 2.30. The highest BCUT2D eigenvalue weighted by Crippen LogP contribution is 2.34. The molecule has 1 aliphatic rings. The summed E-state index contributed by atoms with van der Waals surface area (Å²) in [6.45, 7) is 2.60. The van der Waals surface area contributed by atoms with Gasteiger partial charge in [-0.3, -0.25) is 15.1 Å². The van der Waals surface area contributed by atoms with Crippen molar-refractivity contribution < 1.29 is 18.7 Å². The molecule has 0 aromatic carbocycles. The van der Waals surface area contributed by atoms with E-state index in [1.165, 1.54) is 38.0 Å². The van der Waals surface area contributed by atoms with Crippen molar-refractivity contribution >= 4 is 50.3 Å². The molecule has 37 heavy (non-hydrogen) atoms. The van der Waals surface area contributed by atoms with Crippen LogP contribution in [0.5, 0.6) is 5.75 Å². The number of aryl methyl sites for hydroxylation is 1. The number of alkyl halides is 1. The standard InChI is InChI=1S/C24H23ClFN7O3S/c1-12-6-13(14-7-19(25)28-9-18(14)36-3)15(8-27-12)22(34)32-24-31-21-23(37-24)30-20(10-29-21)33-5-4-17(35-2)16(26)11-33/h6-10,16-17H,4-5,11H2,1-3H3,(H,29,31,32,34). The van der Waals surface area contributed by atoms with E-state index in [0.29, 0.717) is 62.5 Å². The Bertz CT molecular complexity index is 1470. The third-order valence-corrected chi connectivity index (χ3v) is 7.13. The van der Waals surface area contributed by atoms with Crippen molar-refractivity contribution in [3.05, 3.63) is 47.1 Å². The van der Waals surface area contributed by atoms with Gasteiger partial charge in [-0.25, -0.2) is 19.3 Å². The van der Waals surface area contributed by atoms with E-state index in [4.69, 9.17) is 21.1 Å². The minimum Gasteiger partial charge on any atom is -0.494 e. The second-order valence-corrected chi connectivity index (χ2v) is 9.80. The van der Waals surface area contributed by atoms with E-state index in [0.717, 1.165) is 0 Å². The summed E-state index contributed by atoms with van der Waals surface area (Å²) in [7, 11) is 3.04. The Labute approximate surface area is 220 Å². The second kappa shape index (κ2) is 10.5. The number of carbonyl (C=O) groups excluding carboxylic acids is 1. The number of anilines is 2. The van der Waals surface area contributed by atoms with Crippen LogP contribution in [0.3, 0.4) is 0 Å². The first-order valence-corrected chi connectivity index (χ1v) is 12.6. The molecule has 5 rings (SSSR count). The molecular formula is C24H23ClFN7O3S. The van der Waals surface area contributed by atoms with Gasteiger partial charge in [0.1, 0.15) is 22.9 Å². The molecule has 2 atom stereocenters. The predicted molar refractivity (Wildman–Crippen MR) is 139 cm³/mol. The Balaban J connectivity index is 1.41. The average Bonchev–Trinajstić information content (AvgIpc) is 3.29. The summed E-state index contributed by atoms with van der Waals surface area (Å²) in [6, 6.07) is 3.41. The molecule has 13 heteroatoms. The van der Waals surface area contributed by atoms with Crippen LogP contribution >= 0.6 is 22.9 Å². The lowest BCUT2D eigenvalue weighted by atomic mass is 10.0. The molecule has 0 radical (unpaired) electrons. The number of rotatable bonds is 6. The summed E-state index contributed by atoms with van der Waals surface area (Å²) in [4.78, 5) is 37.4. The number of nitrogens with one attached hydrogen (secondary N) is 1. The first-order chi connectivity index (χ1) is 17.9. The Kier molecular flexibility index (Phi) is 7.13. The van der Waals surface area contributed by atoms with Crippen molar-refractivity contribution in [2.24, 2.45) is 0 Å². The summed E-state index contributed by atoms with van der Waals surface area (Å²) in [5.74, 6) is 0.603. The van der Waals surface area contributed by atoms with Gasteiger partial charge in [-0.2, -0.15) is 4.98 Å². The normalized spacial score (nSPS) is 17.7. The molecule has 5 heterocycles. The molecule has 4 aromatic heterocycles. The van der Waals surface area contributed by atoms with Gasteiger partial charge >= 0.3 is 0 Å². The van der Waals surface area contributed by atoms with Crippen LogP contribution in [0.2, 0.25) is 5.15 Å². The number of hydrogen-bond acceptors (Lipinski definition) is 10. The topological polar surface area (TPSA) is 115 Å². The Hall–Kier alpha value is -3.48. The van der Waals surface area contributed by atoms with Crippen LogP contribution in [0, 0.1) is 6.92 Å². The maximum Gasteiger partial charge on any atom is 0.259 e. The van der Waals surface area contributed by atoms with Crippen molar-refractivity contribution in [3.8, 4) is 16.9 Å². The van der Waals surface area contributed by atoms with Gasteiger partial charge in [0.05, 0.1) is 37.7 Å². The van der Waals surface area contributed by atoms with Crippen molar-refractivity contribution in [2.75, 3.05) is 37.5 Å². The third-order valence-electron chi connectivity index (χ3n) is 6.07. The van der Waals surface area contributed by atoms with E-state index in [-0.39, 0.29) is 11.7 Å². The molecule has 0 saturated carbocycles. The highest BCUT2D eigenvalue weighted by atomic mass is 35.5. The number of carbonyl (C=O) groups is 1. The molecule has 1 amide bonds. The van der Waals surface area contributed by atoms with Crippen molar-refractivity contribution in [1.82, 2.24) is 24.9 Å². The predicted octanol–water partition coefficient (Wildman–Crippen LogP) is 4.33. The molecule has 1 saturated heterocycles. The van der Waals surface area contributed by atoms with Gasteiger partial charge in [0.2, 0.25) is 0 Å². The van der Waals surface area contributed by atoms with Crippen LogP contribution in [0.1, 0.15) is 22.5 Å². The van der Waals surface area contributed by atoms with E-state index >= 15 is 0 Å². The van der Waals surface area contributed by atoms with Gasteiger partial charge in [0.25, 0.3) is 5.91 Å². The van der Waals surface area contributed by atoms with Gasteiger partial charge in [0, 0.05) is 36.7 Å². The first kappa shape index (κ1) is 25.2. The largest absolute Gasteiger partial charge is 0.494 e. The maximum atomic E-state index is 14.4. The number of piperidine rings is 1. The van der Waals surface area contributed by atoms with Crippen molar-refractivity contribution in [2.45, 2.75) is 25.6 Å². The molecule has 1 fully saturated rings.